The summed E-state index contributed by atoms with van der Waals surface area (Å²) in [6, 6.07) is 0.275. The Morgan fingerprint density at radius 2 is 2.25 bits per heavy atom. The van der Waals surface area contributed by atoms with Crippen molar-refractivity contribution in [3.63, 3.8) is 0 Å². The Morgan fingerprint density at radius 1 is 1.62 bits per heavy atom. The summed E-state index contributed by atoms with van der Waals surface area (Å²) < 4.78 is 0. The first-order valence-corrected chi connectivity index (χ1v) is 2.95. The zero-order valence-electron chi connectivity index (χ0n) is 5.22. The van der Waals surface area contributed by atoms with Crippen molar-refractivity contribution in [2.75, 3.05) is 0 Å². The average molecular weight is 112 g/mol. The molecule has 1 aliphatic heterocycles. The molecule has 1 rings (SSSR count). The lowest BCUT2D eigenvalue weighted by atomic mass is 10.1. The average Bonchev–Trinajstić information content (AvgIpc) is 1.85. The molecule has 2 nitrogen and oxygen atoms in total. The van der Waals surface area contributed by atoms with Crippen molar-refractivity contribution in [2.45, 2.75) is 26.3 Å². The fourth-order valence-electron chi connectivity index (χ4n) is 1.01. The van der Waals surface area contributed by atoms with Crippen molar-refractivity contribution in [2.24, 2.45) is 5.92 Å². The minimum atomic E-state index is 0.0810. The van der Waals surface area contributed by atoms with Gasteiger partial charge in [0.2, 0.25) is 5.91 Å². The van der Waals surface area contributed by atoms with E-state index in [1.54, 1.807) is 0 Å². The molecule has 8 heavy (non-hydrogen) atoms. The molecule has 2 atom stereocenters. The molecule has 0 N–H and O–H groups in total. The Kier molecular flexibility index (Phi) is 1.24. The van der Waals surface area contributed by atoms with E-state index in [0.29, 0.717) is 0 Å². The number of nitrogens with zero attached hydrogens (tertiary/aromatic N) is 1. The third-order valence-electron chi connectivity index (χ3n) is 1.46. The van der Waals surface area contributed by atoms with Crippen LogP contribution in [-0.4, -0.2) is 11.9 Å². The summed E-state index contributed by atoms with van der Waals surface area (Å²) >= 11 is 0. The van der Waals surface area contributed by atoms with Crippen LogP contribution in [0.25, 0.3) is 0 Å². The standard InChI is InChI=1S/C6H10NO/c1-4-3-5(2)7-6(4)8/h4-5H,3H2,1-2H3/t4-,5-/m1/s1. The first kappa shape index (κ1) is 5.60. The maximum atomic E-state index is 10.6. The van der Waals surface area contributed by atoms with Crippen LogP contribution in [0.2, 0.25) is 0 Å². The summed E-state index contributed by atoms with van der Waals surface area (Å²) in [5.74, 6) is 0.266. The van der Waals surface area contributed by atoms with E-state index < -0.39 is 0 Å². The zero-order valence-corrected chi connectivity index (χ0v) is 5.22. The van der Waals surface area contributed by atoms with Crippen LogP contribution in [0.1, 0.15) is 20.3 Å². The molecule has 0 saturated carbocycles. The molecule has 0 aromatic rings. The highest BCUT2D eigenvalue weighted by Crippen LogP contribution is 2.14. The molecule has 0 aromatic heterocycles. The Bertz CT molecular complexity index is 111. The highest BCUT2D eigenvalue weighted by Gasteiger charge is 2.26. The molecule has 1 aliphatic rings. The molecule has 0 spiro atoms. The van der Waals surface area contributed by atoms with Gasteiger partial charge in [-0.2, -0.15) is 0 Å². The molecule has 1 heterocycles. The predicted molar refractivity (Wildman–Crippen MR) is 30.4 cm³/mol. The molecule has 0 bridgehead atoms. The molecule has 2 heteroatoms. The van der Waals surface area contributed by atoms with Gasteiger partial charge < -0.3 is 0 Å². The van der Waals surface area contributed by atoms with Gasteiger partial charge in [0, 0.05) is 5.92 Å². The molecule has 1 saturated heterocycles. The summed E-state index contributed by atoms with van der Waals surface area (Å²) in [6.07, 6.45) is 0.943. The van der Waals surface area contributed by atoms with E-state index >= 15 is 0 Å². The Morgan fingerprint density at radius 3 is 2.38 bits per heavy atom. The van der Waals surface area contributed by atoms with Gasteiger partial charge in [0.15, 0.2) is 0 Å². The summed E-state index contributed by atoms with van der Waals surface area (Å²) in [6.45, 7) is 3.90. The van der Waals surface area contributed by atoms with Crippen LogP contribution in [0.3, 0.4) is 0 Å². The van der Waals surface area contributed by atoms with Crippen LogP contribution in [-0.2, 0) is 4.79 Å². The smallest absolute Gasteiger partial charge is 0.244 e. The van der Waals surface area contributed by atoms with Crippen LogP contribution in [0.4, 0.5) is 0 Å². The van der Waals surface area contributed by atoms with Gasteiger partial charge >= 0.3 is 0 Å². The van der Waals surface area contributed by atoms with E-state index in [2.05, 4.69) is 5.32 Å². The van der Waals surface area contributed by atoms with E-state index in [0.717, 1.165) is 6.42 Å². The highest BCUT2D eigenvalue weighted by molar-refractivity contribution is 5.80. The molecular formula is C6H10NO. The lowest BCUT2D eigenvalue weighted by Crippen LogP contribution is -2.14. The molecule has 45 valence electrons. The first-order chi connectivity index (χ1) is 3.70. The number of carbonyl (C=O) groups excluding carboxylic acids is 1. The fraction of sp³-hybridized carbons (Fsp3) is 0.833. The molecule has 1 radical (unpaired) electrons. The van der Waals surface area contributed by atoms with Gasteiger partial charge in [-0.3, -0.25) is 4.79 Å². The Hall–Kier alpha value is -0.530. The maximum Gasteiger partial charge on any atom is 0.244 e. The van der Waals surface area contributed by atoms with Crippen molar-refractivity contribution >= 4 is 5.91 Å². The van der Waals surface area contributed by atoms with Crippen LogP contribution in [0, 0.1) is 5.92 Å². The second-order valence-corrected chi connectivity index (χ2v) is 2.45. The van der Waals surface area contributed by atoms with Crippen molar-refractivity contribution in [3.8, 4) is 0 Å². The van der Waals surface area contributed by atoms with Gasteiger partial charge in [0.25, 0.3) is 0 Å². The number of rotatable bonds is 0. The van der Waals surface area contributed by atoms with Crippen LogP contribution >= 0.6 is 0 Å². The summed E-state index contributed by atoms with van der Waals surface area (Å²) in [7, 11) is 0. The van der Waals surface area contributed by atoms with Gasteiger partial charge in [0.1, 0.15) is 0 Å². The summed E-state index contributed by atoms with van der Waals surface area (Å²) in [5.41, 5.74) is 0. The number of hydrogen-bond acceptors (Lipinski definition) is 1. The molecular weight excluding hydrogens is 102 g/mol. The van der Waals surface area contributed by atoms with E-state index in [1.165, 1.54) is 0 Å². The van der Waals surface area contributed by atoms with E-state index in [4.69, 9.17) is 0 Å². The third-order valence-corrected chi connectivity index (χ3v) is 1.46. The Labute approximate surface area is 49.3 Å². The van der Waals surface area contributed by atoms with Gasteiger partial charge in [-0.1, -0.05) is 6.92 Å². The lowest BCUT2D eigenvalue weighted by Gasteiger charge is -1.92. The zero-order chi connectivity index (χ0) is 6.15. The van der Waals surface area contributed by atoms with Gasteiger partial charge in [-0.25, -0.2) is 5.32 Å². The van der Waals surface area contributed by atoms with E-state index in [9.17, 15) is 4.79 Å². The van der Waals surface area contributed by atoms with Crippen molar-refractivity contribution < 1.29 is 4.79 Å². The Balaban J connectivity index is 2.51. The van der Waals surface area contributed by atoms with Gasteiger partial charge in [0.05, 0.1) is 6.04 Å². The second-order valence-electron chi connectivity index (χ2n) is 2.45. The first-order valence-electron chi connectivity index (χ1n) is 2.95. The minimum absolute atomic E-state index is 0.0810. The fourth-order valence-corrected chi connectivity index (χ4v) is 1.01. The minimum Gasteiger partial charge on any atom is -0.273 e. The quantitative estimate of drug-likeness (QED) is 0.450. The third kappa shape index (κ3) is 0.831. The molecule has 1 fully saturated rings. The maximum absolute atomic E-state index is 10.6. The summed E-state index contributed by atoms with van der Waals surface area (Å²) in [5, 5.41) is 3.83. The number of amides is 1. The topological polar surface area (TPSA) is 31.2 Å². The monoisotopic (exact) mass is 112 g/mol. The number of carbonyl (C=O) groups is 1. The predicted octanol–water partition coefficient (Wildman–Crippen LogP) is 0.546. The SMILES string of the molecule is C[C@@H]1C[C@@H](C)C(=O)[N]1. The molecule has 0 aromatic carbocycles. The van der Waals surface area contributed by atoms with E-state index in [-0.39, 0.29) is 17.9 Å². The molecule has 1 amide bonds. The second kappa shape index (κ2) is 1.77. The van der Waals surface area contributed by atoms with Gasteiger partial charge in [-0.05, 0) is 13.3 Å². The van der Waals surface area contributed by atoms with Crippen LogP contribution in [0.5, 0.6) is 0 Å². The number of hydrogen-bond donors (Lipinski definition) is 0. The van der Waals surface area contributed by atoms with Crippen molar-refractivity contribution in [1.82, 2.24) is 5.32 Å². The van der Waals surface area contributed by atoms with Crippen molar-refractivity contribution in [1.29, 1.82) is 0 Å². The van der Waals surface area contributed by atoms with Crippen LogP contribution in [0.15, 0.2) is 0 Å². The normalized spacial score (nSPS) is 37.5. The molecule has 0 unspecified atom stereocenters. The summed E-state index contributed by atoms with van der Waals surface area (Å²) in [4.78, 5) is 10.6. The lowest BCUT2D eigenvalue weighted by molar-refractivity contribution is -0.122. The van der Waals surface area contributed by atoms with E-state index in [1.807, 2.05) is 13.8 Å². The molecule has 0 aliphatic carbocycles. The highest BCUT2D eigenvalue weighted by atomic mass is 16.2. The van der Waals surface area contributed by atoms with Crippen molar-refractivity contribution in [3.05, 3.63) is 0 Å². The van der Waals surface area contributed by atoms with Crippen LogP contribution < -0.4 is 5.32 Å². The largest absolute Gasteiger partial charge is 0.273 e. The van der Waals surface area contributed by atoms with Gasteiger partial charge in [-0.15, -0.1) is 0 Å².